The molecule has 0 radical (unpaired) electrons. The van der Waals surface area contributed by atoms with Crippen molar-refractivity contribution < 1.29 is 4.79 Å². The van der Waals surface area contributed by atoms with Crippen LogP contribution in [0.2, 0.25) is 0 Å². The molecule has 3 aliphatic carbocycles. The van der Waals surface area contributed by atoms with Crippen LogP contribution < -0.4 is 11.1 Å². The van der Waals surface area contributed by atoms with Crippen molar-refractivity contribution in [1.82, 2.24) is 5.32 Å². The SMILES string of the molecule is C[C@]12CCC(=O)N[C@@H]1CC[C@@H]1[C@@H]2CC[C@]2(C)/C(=C\c3ccc(N)cc3)CC[C@@H]12. The second-order valence-electron chi connectivity index (χ2n) is 10.4. The fraction of sp³-hybridized carbons (Fsp3) is 0.640. The van der Waals surface area contributed by atoms with E-state index in [4.69, 9.17) is 5.73 Å². The second kappa shape index (κ2) is 6.37. The molecular formula is C25H34N2O. The zero-order valence-electron chi connectivity index (χ0n) is 17.3. The van der Waals surface area contributed by atoms with Gasteiger partial charge in [-0.1, -0.05) is 37.6 Å². The minimum absolute atomic E-state index is 0.274. The van der Waals surface area contributed by atoms with E-state index in [1.807, 2.05) is 12.1 Å². The molecule has 0 bridgehead atoms. The van der Waals surface area contributed by atoms with Gasteiger partial charge in [0.15, 0.2) is 0 Å². The highest BCUT2D eigenvalue weighted by Crippen LogP contribution is 2.65. The number of allylic oxidation sites excluding steroid dienone is 1. The van der Waals surface area contributed by atoms with Crippen LogP contribution in [-0.4, -0.2) is 11.9 Å². The first-order valence-electron chi connectivity index (χ1n) is 11.3. The van der Waals surface area contributed by atoms with E-state index in [0.29, 0.717) is 16.9 Å². The largest absolute Gasteiger partial charge is 0.399 e. The van der Waals surface area contributed by atoms with E-state index in [1.54, 1.807) is 5.57 Å². The molecule has 0 unspecified atom stereocenters. The monoisotopic (exact) mass is 378 g/mol. The third-order valence-corrected chi connectivity index (χ3v) is 9.22. The predicted octanol–water partition coefficient (Wildman–Crippen LogP) is 5.17. The highest BCUT2D eigenvalue weighted by molar-refractivity contribution is 5.77. The van der Waals surface area contributed by atoms with Crippen molar-refractivity contribution in [1.29, 1.82) is 0 Å². The van der Waals surface area contributed by atoms with Gasteiger partial charge in [0.2, 0.25) is 5.91 Å². The van der Waals surface area contributed by atoms with Gasteiger partial charge in [-0.15, -0.1) is 0 Å². The Bertz CT molecular complexity index is 812. The van der Waals surface area contributed by atoms with Gasteiger partial charge in [-0.3, -0.25) is 4.79 Å². The first kappa shape index (κ1) is 18.3. The molecule has 1 aromatic carbocycles. The average molecular weight is 379 g/mol. The van der Waals surface area contributed by atoms with E-state index in [-0.39, 0.29) is 5.91 Å². The van der Waals surface area contributed by atoms with Crippen molar-refractivity contribution >= 4 is 17.7 Å². The molecule has 5 rings (SSSR count). The summed E-state index contributed by atoms with van der Waals surface area (Å²) in [6.07, 6.45) is 11.9. The van der Waals surface area contributed by atoms with Gasteiger partial charge in [-0.05, 0) is 91.2 Å². The van der Waals surface area contributed by atoms with Crippen LogP contribution in [0.3, 0.4) is 0 Å². The second-order valence-corrected chi connectivity index (χ2v) is 10.4. The zero-order chi connectivity index (χ0) is 19.5. The first-order chi connectivity index (χ1) is 13.4. The standard InChI is InChI=1S/C25H34N2O/c1-24-13-11-21-19(8-10-22-25(21,2)14-12-23(28)27-22)20(24)9-5-17(24)15-16-3-6-18(26)7-4-16/h3-4,6-7,15,19-22H,5,8-14,26H2,1-2H3,(H,27,28)/b17-15-/t19-,20-,21-,22+,24+,25+/m0/s1. The summed E-state index contributed by atoms with van der Waals surface area (Å²) in [5.41, 5.74) is 10.3. The molecule has 0 aromatic heterocycles. The predicted molar refractivity (Wildman–Crippen MR) is 114 cm³/mol. The number of benzene rings is 1. The van der Waals surface area contributed by atoms with Crippen molar-refractivity contribution in [3.05, 3.63) is 35.4 Å². The lowest BCUT2D eigenvalue weighted by molar-refractivity contribution is -0.134. The van der Waals surface area contributed by atoms with Crippen LogP contribution in [0.4, 0.5) is 5.69 Å². The molecule has 6 atom stereocenters. The fourth-order valence-electron chi connectivity index (χ4n) is 7.58. The normalized spacial score (nSPS) is 43.8. The molecule has 3 nitrogen and oxygen atoms in total. The number of nitrogens with one attached hydrogen (secondary N) is 1. The van der Waals surface area contributed by atoms with Crippen LogP contribution in [0.1, 0.15) is 70.8 Å². The molecule has 4 fully saturated rings. The molecule has 3 saturated carbocycles. The number of nitrogens with two attached hydrogens (primary N) is 1. The maximum absolute atomic E-state index is 12.0. The fourth-order valence-corrected chi connectivity index (χ4v) is 7.58. The summed E-state index contributed by atoms with van der Waals surface area (Å²) in [5.74, 6) is 2.69. The highest BCUT2D eigenvalue weighted by atomic mass is 16.1. The maximum atomic E-state index is 12.0. The molecule has 1 aromatic rings. The van der Waals surface area contributed by atoms with Crippen molar-refractivity contribution in [3.63, 3.8) is 0 Å². The Morgan fingerprint density at radius 1 is 1.00 bits per heavy atom. The van der Waals surface area contributed by atoms with E-state index >= 15 is 0 Å². The number of fused-ring (bicyclic) bond motifs is 5. The van der Waals surface area contributed by atoms with Crippen LogP contribution >= 0.6 is 0 Å². The van der Waals surface area contributed by atoms with Gasteiger partial charge in [0, 0.05) is 18.2 Å². The molecule has 1 amide bonds. The molecule has 4 aliphatic rings. The van der Waals surface area contributed by atoms with Crippen molar-refractivity contribution in [2.45, 2.75) is 71.3 Å². The number of nitrogen functional groups attached to an aromatic ring is 1. The van der Waals surface area contributed by atoms with Crippen molar-refractivity contribution in [2.75, 3.05) is 5.73 Å². The third-order valence-electron chi connectivity index (χ3n) is 9.22. The summed E-state index contributed by atoms with van der Waals surface area (Å²) in [4.78, 5) is 12.0. The summed E-state index contributed by atoms with van der Waals surface area (Å²) in [7, 11) is 0. The smallest absolute Gasteiger partial charge is 0.220 e. The number of piperidine rings is 1. The first-order valence-corrected chi connectivity index (χ1v) is 11.3. The number of carbonyl (C=O) groups excluding carboxylic acids is 1. The van der Waals surface area contributed by atoms with Crippen LogP contribution in [0.25, 0.3) is 6.08 Å². The van der Waals surface area contributed by atoms with Gasteiger partial charge < -0.3 is 11.1 Å². The molecule has 1 heterocycles. The summed E-state index contributed by atoms with van der Waals surface area (Å²) in [6.45, 7) is 5.03. The molecule has 1 saturated heterocycles. The summed E-state index contributed by atoms with van der Waals surface area (Å²) in [5, 5.41) is 3.35. The average Bonchev–Trinajstić information content (AvgIpc) is 3.00. The number of hydrogen-bond acceptors (Lipinski definition) is 2. The van der Waals surface area contributed by atoms with Gasteiger partial charge in [-0.25, -0.2) is 0 Å². The third kappa shape index (κ3) is 2.65. The summed E-state index contributed by atoms with van der Waals surface area (Å²) < 4.78 is 0. The van der Waals surface area contributed by atoms with E-state index in [2.05, 4.69) is 37.4 Å². The van der Waals surface area contributed by atoms with E-state index < -0.39 is 0 Å². The van der Waals surface area contributed by atoms with Gasteiger partial charge in [-0.2, -0.15) is 0 Å². The number of anilines is 1. The van der Waals surface area contributed by atoms with E-state index in [9.17, 15) is 4.79 Å². The zero-order valence-corrected chi connectivity index (χ0v) is 17.3. The minimum atomic E-state index is 0.274. The van der Waals surface area contributed by atoms with Gasteiger partial charge in [0.25, 0.3) is 0 Å². The van der Waals surface area contributed by atoms with Crippen molar-refractivity contribution in [2.24, 2.45) is 28.6 Å². The lowest BCUT2D eigenvalue weighted by Crippen LogP contribution is -2.60. The van der Waals surface area contributed by atoms with E-state index in [1.165, 1.54) is 44.1 Å². The summed E-state index contributed by atoms with van der Waals surface area (Å²) >= 11 is 0. The van der Waals surface area contributed by atoms with Crippen LogP contribution in [-0.2, 0) is 4.79 Å². The van der Waals surface area contributed by atoms with Crippen LogP contribution in [0, 0.1) is 28.6 Å². The van der Waals surface area contributed by atoms with Gasteiger partial charge in [0.1, 0.15) is 0 Å². The van der Waals surface area contributed by atoms with Crippen LogP contribution in [0.15, 0.2) is 29.8 Å². The maximum Gasteiger partial charge on any atom is 0.220 e. The van der Waals surface area contributed by atoms with Gasteiger partial charge >= 0.3 is 0 Å². The molecule has 1 aliphatic heterocycles. The highest BCUT2D eigenvalue weighted by Gasteiger charge is 2.59. The Morgan fingerprint density at radius 3 is 2.57 bits per heavy atom. The Balaban J connectivity index is 1.42. The molecule has 3 heteroatoms. The van der Waals surface area contributed by atoms with Gasteiger partial charge in [0.05, 0.1) is 0 Å². The lowest BCUT2D eigenvalue weighted by atomic mass is 9.47. The number of amides is 1. The Kier molecular flexibility index (Phi) is 4.16. The Morgan fingerprint density at radius 2 is 1.79 bits per heavy atom. The number of hydrogen-bond donors (Lipinski definition) is 2. The quantitative estimate of drug-likeness (QED) is 0.662. The molecular weight excluding hydrogens is 344 g/mol. The summed E-state index contributed by atoms with van der Waals surface area (Å²) in [6, 6.07) is 8.74. The minimum Gasteiger partial charge on any atom is -0.399 e. The Labute approximate surface area is 169 Å². The van der Waals surface area contributed by atoms with Crippen molar-refractivity contribution in [3.8, 4) is 0 Å². The molecule has 3 N–H and O–H groups in total. The Hall–Kier alpha value is -1.77. The molecule has 0 spiro atoms. The topological polar surface area (TPSA) is 55.1 Å². The number of carbonyl (C=O) groups is 1. The lowest BCUT2D eigenvalue weighted by Gasteiger charge is -2.59. The number of rotatable bonds is 1. The molecule has 28 heavy (non-hydrogen) atoms. The molecule has 150 valence electrons. The van der Waals surface area contributed by atoms with E-state index in [0.717, 1.165) is 36.3 Å². The van der Waals surface area contributed by atoms with Crippen LogP contribution in [0.5, 0.6) is 0 Å².